The predicted molar refractivity (Wildman–Crippen MR) is 62.0 cm³/mol. The zero-order valence-corrected chi connectivity index (χ0v) is 9.38. The molecule has 0 unspecified atom stereocenters. The second kappa shape index (κ2) is 5.17. The number of carbonyl (C=O) groups excluding carboxylic acids is 1. The van der Waals surface area contributed by atoms with Crippen LogP contribution in [0.15, 0.2) is 30.9 Å². The predicted octanol–water partition coefficient (Wildman–Crippen LogP) is 0.163. The molecule has 2 rings (SSSR count). The monoisotopic (exact) mass is 248 g/mol. The highest BCUT2D eigenvalue weighted by Crippen LogP contribution is 2.01. The van der Waals surface area contributed by atoms with E-state index in [2.05, 4.69) is 20.3 Å². The highest BCUT2D eigenvalue weighted by atomic mass is 16.4. The van der Waals surface area contributed by atoms with Gasteiger partial charge in [-0.15, -0.1) is 0 Å². The van der Waals surface area contributed by atoms with Crippen LogP contribution in [0.5, 0.6) is 0 Å². The van der Waals surface area contributed by atoms with Gasteiger partial charge in [-0.1, -0.05) is 0 Å². The van der Waals surface area contributed by atoms with Gasteiger partial charge < -0.3 is 20.4 Å². The fourth-order valence-electron chi connectivity index (χ4n) is 1.52. The Morgan fingerprint density at radius 2 is 2.28 bits per heavy atom. The molecule has 0 radical (unpaired) electrons. The number of nitrogens with zero attached hydrogens (tertiary/aromatic N) is 1. The van der Waals surface area contributed by atoms with Crippen LogP contribution in [0.3, 0.4) is 0 Å². The van der Waals surface area contributed by atoms with Gasteiger partial charge in [-0.05, 0) is 12.1 Å². The van der Waals surface area contributed by atoms with Gasteiger partial charge in [-0.2, -0.15) is 0 Å². The molecule has 0 aliphatic rings. The van der Waals surface area contributed by atoms with Crippen LogP contribution in [0.4, 0.5) is 0 Å². The first-order chi connectivity index (χ1) is 8.66. The van der Waals surface area contributed by atoms with Crippen molar-refractivity contribution >= 4 is 11.9 Å². The quantitative estimate of drug-likeness (QED) is 0.604. The molecular weight excluding hydrogens is 236 g/mol. The summed E-state index contributed by atoms with van der Waals surface area (Å²) in [6.07, 6.45) is 4.74. The summed E-state index contributed by atoms with van der Waals surface area (Å²) in [4.78, 5) is 32.1. The average molecular weight is 248 g/mol. The number of nitrogens with one attached hydrogen (secondary N) is 3. The fourth-order valence-corrected chi connectivity index (χ4v) is 1.52. The number of amides is 1. The first-order valence-corrected chi connectivity index (χ1v) is 5.31. The van der Waals surface area contributed by atoms with E-state index in [1.54, 1.807) is 18.3 Å². The first-order valence-electron chi connectivity index (χ1n) is 5.31. The zero-order chi connectivity index (χ0) is 13.0. The Hall–Kier alpha value is -2.57. The van der Waals surface area contributed by atoms with Crippen LogP contribution in [-0.4, -0.2) is 38.0 Å². The van der Waals surface area contributed by atoms with Crippen LogP contribution in [0.2, 0.25) is 0 Å². The molecule has 0 aliphatic heterocycles. The lowest BCUT2D eigenvalue weighted by Gasteiger charge is -2.12. The van der Waals surface area contributed by atoms with Crippen molar-refractivity contribution in [3.8, 4) is 0 Å². The summed E-state index contributed by atoms with van der Waals surface area (Å²) in [5.74, 6) is -1.54. The smallest absolute Gasteiger partial charge is 0.326 e. The van der Waals surface area contributed by atoms with E-state index in [0.29, 0.717) is 11.4 Å². The number of carbonyl (C=O) groups is 2. The van der Waals surface area contributed by atoms with Gasteiger partial charge >= 0.3 is 5.97 Å². The molecule has 1 amide bonds. The summed E-state index contributed by atoms with van der Waals surface area (Å²) in [5.41, 5.74) is 0.972. The van der Waals surface area contributed by atoms with Crippen molar-refractivity contribution in [3.63, 3.8) is 0 Å². The Labute approximate surface area is 102 Å². The average Bonchev–Trinajstić information content (AvgIpc) is 3.00. The molecule has 7 heteroatoms. The van der Waals surface area contributed by atoms with Gasteiger partial charge in [-0.3, -0.25) is 4.79 Å². The lowest BCUT2D eigenvalue weighted by atomic mass is 10.1. The van der Waals surface area contributed by atoms with Gasteiger partial charge in [-0.25, -0.2) is 9.78 Å². The van der Waals surface area contributed by atoms with E-state index in [1.807, 2.05) is 0 Å². The molecule has 2 aromatic heterocycles. The van der Waals surface area contributed by atoms with E-state index in [9.17, 15) is 9.59 Å². The number of rotatable bonds is 5. The molecule has 7 nitrogen and oxygen atoms in total. The molecule has 4 N–H and O–H groups in total. The lowest BCUT2D eigenvalue weighted by Crippen LogP contribution is -2.42. The largest absolute Gasteiger partial charge is 0.480 e. The number of aliphatic carboxylic acids is 1. The Kier molecular flexibility index (Phi) is 3.42. The maximum absolute atomic E-state index is 11.7. The van der Waals surface area contributed by atoms with Crippen LogP contribution < -0.4 is 5.32 Å². The van der Waals surface area contributed by atoms with Crippen molar-refractivity contribution in [1.29, 1.82) is 0 Å². The van der Waals surface area contributed by atoms with Crippen molar-refractivity contribution < 1.29 is 14.7 Å². The summed E-state index contributed by atoms with van der Waals surface area (Å²) in [6.45, 7) is 0. The number of H-pyrrole nitrogens is 2. The number of hydrogen-bond donors (Lipinski definition) is 4. The second-order valence-corrected chi connectivity index (χ2v) is 3.73. The van der Waals surface area contributed by atoms with Crippen LogP contribution in [0, 0.1) is 0 Å². The minimum absolute atomic E-state index is 0.155. The number of aromatic nitrogens is 3. The Balaban J connectivity index is 2.03. The van der Waals surface area contributed by atoms with E-state index in [4.69, 9.17) is 5.11 Å². The van der Waals surface area contributed by atoms with Gasteiger partial charge in [0, 0.05) is 24.5 Å². The van der Waals surface area contributed by atoms with Gasteiger partial charge in [0.05, 0.1) is 6.33 Å². The van der Waals surface area contributed by atoms with Crippen molar-refractivity contribution in [2.45, 2.75) is 12.5 Å². The van der Waals surface area contributed by atoms with Crippen LogP contribution in [0.1, 0.15) is 16.2 Å². The van der Waals surface area contributed by atoms with Crippen LogP contribution in [0.25, 0.3) is 0 Å². The number of aromatic amines is 2. The van der Waals surface area contributed by atoms with Crippen LogP contribution in [-0.2, 0) is 11.2 Å². The van der Waals surface area contributed by atoms with E-state index >= 15 is 0 Å². The molecule has 0 fully saturated rings. The number of carboxylic acid groups (broad SMARTS) is 1. The van der Waals surface area contributed by atoms with Gasteiger partial charge in [0.1, 0.15) is 11.7 Å². The van der Waals surface area contributed by atoms with E-state index < -0.39 is 17.9 Å². The topological polar surface area (TPSA) is 111 Å². The van der Waals surface area contributed by atoms with Crippen molar-refractivity contribution in [3.05, 3.63) is 42.2 Å². The van der Waals surface area contributed by atoms with Gasteiger partial charge in [0.15, 0.2) is 0 Å². The molecule has 0 saturated heterocycles. The maximum Gasteiger partial charge on any atom is 0.326 e. The highest BCUT2D eigenvalue weighted by molar-refractivity contribution is 5.95. The van der Waals surface area contributed by atoms with Crippen molar-refractivity contribution in [2.24, 2.45) is 0 Å². The third-order valence-corrected chi connectivity index (χ3v) is 2.42. The Morgan fingerprint density at radius 3 is 2.83 bits per heavy atom. The molecule has 94 valence electrons. The fraction of sp³-hybridized carbons (Fsp3) is 0.182. The SMILES string of the molecule is O=C(N[C@H](Cc1cnc[nH]1)C(=O)O)c1ccc[nH]1. The third-order valence-electron chi connectivity index (χ3n) is 2.42. The minimum Gasteiger partial charge on any atom is -0.480 e. The summed E-state index contributed by atoms with van der Waals surface area (Å²) >= 11 is 0. The standard InChI is InChI=1S/C11H12N4O3/c16-10(8-2-1-3-13-8)15-9(11(17)18)4-7-5-12-6-14-7/h1-3,5-6,9,13H,4H2,(H,12,14)(H,15,16)(H,17,18)/t9-/m1/s1. The molecule has 0 aliphatic carbocycles. The lowest BCUT2D eigenvalue weighted by molar-refractivity contribution is -0.139. The summed E-state index contributed by atoms with van der Waals surface area (Å²) in [7, 11) is 0. The zero-order valence-electron chi connectivity index (χ0n) is 9.38. The molecule has 0 saturated carbocycles. The highest BCUT2D eigenvalue weighted by Gasteiger charge is 2.21. The Bertz CT molecular complexity index is 518. The van der Waals surface area contributed by atoms with Crippen molar-refractivity contribution in [2.75, 3.05) is 0 Å². The number of hydrogen-bond acceptors (Lipinski definition) is 3. The Morgan fingerprint density at radius 1 is 1.44 bits per heavy atom. The molecular formula is C11H12N4O3. The van der Waals surface area contributed by atoms with Gasteiger partial charge in [0.2, 0.25) is 0 Å². The third kappa shape index (κ3) is 2.76. The molecule has 1 atom stereocenters. The molecule has 0 spiro atoms. The van der Waals surface area contributed by atoms with Crippen molar-refractivity contribution in [1.82, 2.24) is 20.3 Å². The molecule has 2 heterocycles. The van der Waals surface area contributed by atoms with E-state index in [0.717, 1.165) is 0 Å². The summed E-state index contributed by atoms with van der Waals surface area (Å²) in [6, 6.07) is 2.24. The first kappa shape index (κ1) is 11.9. The number of imidazole rings is 1. The van der Waals surface area contributed by atoms with Gasteiger partial charge in [0.25, 0.3) is 5.91 Å². The molecule has 0 bridgehead atoms. The summed E-state index contributed by atoms with van der Waals surface area (Å²) < 4.78 is 0. The minimum atomic E-state index is -1.09. The number of carboxylic acids is 1. The molecule has 2 aromatic rings. The van der Waals surface area contributed by atoms with E-state index in [-0.39, 0.29) is 6.42 Å². The summed E-state index contributed by atoms with van der Waals surface area (Å²) in [5, 5.41) is 11.5. The molecule has 0 aromatic carbocycles. The molecule has 18 heavy (non-hydrogen) atoms. The second-order valence-electron chi connectivity index (χ2n) is 3.73. The van der Waals surface area contributed by atoms with E-state index in [1.165, 1.54) is 12.5 Å². The maximum atomic E-state index is 11.7. The normalized spacial score (nSPS) is 12.0. The van der Waals surface area contributed by atoms with Crippen LogP contribution >= 0.6 is 0 Å².